The summed E-state index contributed by atoms with van der Waals surface area (Å²) in [7, 11) is 5.06. The molecule has 1 aromatic heterocycles. The third-order valence-electron chi connectivity index (χ3n) is 9.21. The molecule has 0 N–H and O–H groups in total. The Morgan fingerprint density at radius 1 is 0.930 bits per heavy atom. The molecule has 1 amide bonds. The van der Waals surface area contributed by atoms with E-state index in [1.165, 1.54) is 22.5 Å². The van der Waals surface area contributed by atoms with Crippen LogP contribution in [0.3, 0.4) is 0 Å². The molecule has 3 aromatic rings. The number of methoxy groups -OCH3 is 3. The molecule has 2 aliphatic rings. The Bertz CT molecular complexity index is 1330. The summed E-state index contributed by atoms with van der Waals surface area (Å²) in [6, 6.07) is 15.0. The van der Waals surface area contributed by atoms with Gasteiger partial charge in [0.05, 0.1) is 38.4 Å². The molecule has 2 aliphatic carbocycles. The van der Waals surface area contributed by atoms with Crippen molar-refractivity contribution in [3.05, 3.63) is 59.8 Å². The van der Waals surface area contributed by atoms with E-state index in [0.29, 0.717) is 30.2 Å². The molecule has 0 radical (unpaired) electrons. The minimum atomic E-state index is 0.0213. The molecule has 0 atom stereocenters. The van der Waals surface area contributed by atoms with Gasteiger partial charge in [-0.2, -0.15) is 0 Å². The van der Waals surface area contributed by atoms with Gasteiger partial charge in [-0.15, -0.1) is 0 Å². The fourth-order valence-electron chi connectivity index (χ4n) is 6.72. The zero-order valence-electron chi connectivity index (χ0n) is 26.1. The maximum absolute atomic E-state index is 14.2. The number of anilines is 1. The van der Waals surface area contributed by atoms with Crippen LogP contribution in [0, 0.1) is 18.8 Å². The van der Waals surface area contributed by atoms with Crippen molar-refractivity contribution in [3.63, 3.8) is 0 Å². The molecular formula is C35H46N2O5S. The second-order valence-corrected chi connectivity index (χ2v) is 13.0. The summed E-state index contributed by atoms with van der Waals surface area (Å²) < 4.78 is 21.9. The van der Waals surface area contributed by atoms with Gasteiger partial charge in [0, 0.05) is 31.5 Å². The highest BCUT2D eigenvalue weighted by Gasteiger charge is 2.33. The maximum atomic E-state index is 14.2. The van der Waals surface area contributed by atoms with Crippen LogP contribution in [0.1, 0.15) is 68.4 Å². The van der Waals surface area contributed by atoms with Crippen LogP contribution in [-0.4, -0.2) is 58.1 Å². The van der Waals surface area contributed by atoms with Gasteiger partial charge >= 0.3 is 0 Å². The van der Waals surface area contributed by atoms with Crippen LogP contribution in [0.2, 0.25) is 0 Å². The number of aromatic nitrogens is 1. The summed E-state index contributed by atoms with van der Waals surface area (Å²) in [4.78, 5) is 21.7. The van der Waals surface area contributed by atoms with Crippen molar-refractivity contribution in [2.24, 2.45) is 11.8 Å². The van der Waals surface area contributed by atoms with E-state index in [4.69, 9.17) is 18.9 Å². The van der Waals surface area contributed by atoms with Crippen LogP contribution >= 0.6 is 11.3 Å². The number of hydrogen-bond acceptors (Lipinski definition) is 7. The number of amides is 1. The zero-order valence-corrected chi connectivity index (χ0v) is 26.9. The summed E-state index contributed by atoms with van der Waals surface area (Å²) in [5, 5.41) is 0.640. The van der Waals surface area contributed by atoms with Gasteiger partial charge in [-0.3, -0.25) is 4.79 Å². The van der Waals surface area contributed by atoms with E-state index in [1.807, 2.05) is 6.20 Å². The van der Waals surface area contributed by atoms with Gasteiger partial charge in [0.2, 0.25) is 5.91 Å². The van der Waals surface area contributed by atoms with Gasteiger partial charge in [-0.25, -0.2) is 4.98 Å². The molecular weight excluding hydrogens is 560 g/mol. The lowest BCUT2D eigenvalue weighted by Crippen LogP contribution is -2.42. The Morgan fingerprint density at radius 3 is 2.40 bits per heavy atom. The number of rotatable bonds is 12. The fraction of sp³-hybridized carbons (Fsp3) is 0.543. The smallest absolute Gasteiger partial charge is 0.273 e. The number of aryl methyl sites for hydroxylation is 1. The number of carbonyl (C=O) groups excluding carboxylic acids is 1. The molecule has 0 unspecified atom stereocenters. The largest absolute Gasteiger partial charge is 0.496 e. The number of hydrogen-bond donors (Lipinski definition) is 0. The Kier molecular flexibility index (Phi) is 11.1. The first-order chi connectivity index (χ1) is 21.0. The molecule has 0 spiro atoms. The van der Waals surface area contributed by atoms with Crippen molar-refractivity contribution in [1.82, 2.24) is 4.98 Å². The fourth-order valence-corrected chi connectivity index (χ4v) is 7.45. The van der Waals surface area contributed by atoms with E-state index in [0.717, 1.165) is 79.8 Å². The second kappa shape index (κ2) is 15.2. The van der Waals surface area contributed by atoms with Gasteiger partial charge in [-0.05, 0) is 105 Å². The van der Waals surface area contributed by atoms with Crippen LogP contribution in [0.5, 0.6) is 10.9 Å². The van der Waals surface area contributed by atoms with Crippen LogP contribution in [0.4, 0.5) is 5.69 Å². The Hall–Kier alpha value is -2.94. The molecule has 2 aromatic carbocycles. The van der Waals surface area contributed by atoms with E-state index in [9.17, 15) is 4.79 Å². The summed E-state index contributed by atoms with van der Waals surface area (Å²) in [5.41, 5.74) is 4.63. The van der Waals surface area contributed by atoms with Crippen molar-refractivity contribution >= 4 is 22.9 Å². The van der Waals surface area contributed by atoms with Crippen molar-refractivity contribution in [2.45, 2.75) is 70.3 Å². The first-order valence-corrected chi connectivity index (χ1v) is 16.5. The predicted molar refractivity (Wildman–Crippen MR) is 172 cm³/mol. The van der Waals surface area contributed by atoms with E-state index < -0.39 is 0 Å². The number of nitrogens with zero attached hydrogens (tertiary/aromatic N) is 2. The van der Waals surface area contributed by atoms with Crippen LogP contribution in [0.15, 0.2) is 48.7 Å². The average Bonchev–Trinajstić information content (AvgIpc) is 3.54. The molecule has 2 fully saturated rings. The predicted octanol–water partition coefficient (Wildman–Crippen LogP) is 7.66. The number of carbonyl (C=O) groups is 1. The molecule has 5 rings (SSSR count). The minimum absolute atomic E-state index is 0.0213. The highest BCUT2D eigenvalue weighted by Crippen LogP contribution is 2.39. The molecule has 8 heteroatoms. The van der Waals surface area contributed by atoms with Crippen molar-refractivity contribution in [2.75, 3.05) is 46.0 Å². The maximum Gasteiger partial charge on any atom is 0.273 e. The molecule has 0 bridgehead atoms. The summed E-state index contributed by atoms with van der Waals surface area (Å²) in [5.74, 6) is 2.25. The molecule has 0 saturated heterocycles. The Labute approximate surface area is 260 Å². The topological polar surface area (TPSA) is 70.1 Å². The zero-order chi connectivity index (χ0) is 30.2. The molecule has 43 heavy (non-hydrogen) atoms. The Balaban J connectivity index is 1.30. The SMILES string of the molecule is COCCO[C@H]1CC[C@H](C(=O)N(C[C@H]2CC[C@H](c3ccc(OC)c(C)c3)CC2)c2cccc(-c3cnc(OC)s3)c2)CC1. The van der Waals surface area contributed by atoms with E-state index in [-0.39, 0.29) is 17.9 Å². The standard InChI is InChI=1S/C35H46N2O5S/c1-24-20-28(14-17-32(24)40-3)26-10-8-25(9-11-26)23-37(34(38)27-12-15-31(16-13-27)42-19-18-39-2)30-7-5-6-29(21-30)33-22-36-35(41-4)43-33/h5-7,14,17,20-22,25-27,31H,8-13,15-16,18-19,23H2,1-4H3/t25-,26-,27-,31-. The van der Waals surface area contributed by atoms with Crippen molar-refractivity contribution in [3.8, 4) is 21.4 Å². The van der Waals surface area contributed by atoms with E-state index in [2.05, 4.69) is 59.3 Å². The third kappa shape index (κ3) is 7.97. The van der Waals surface area contributed by atoms with Crippen LogP contribution in [0.25, 0.3) is 10.4 Å². The lowest BCUT2D eigenvalue weighted by molar-refractivity contribution is -0.124. The normalized spacial score (nSPS) is 22.2. The summed E-state index contributed by atoms with van der Waals surface area (Å²) in [6.45, 7) is 4.09. The molecule has 2 saturated carbocycles. The molecule has 7 nitrogen and oxygen atoms in total. The number of thiazole rings is 1. The lowest BCUT2D eigenvalue weighted by Gasteiger charge is -2.36. The minimum Gasteiger partial charge on any atom is -0.496 e. The number of benzene rings is 2. The van der Waals surface area contributed by atoms with Gasteiger partial charge < -0.3 is 23.8 Å². The van der Waals surface area contributed by atoms with Crippen molar-refractivity contribution in [1.29, 1.82) is 0 Å². The van der Waals surface area contributed by atoms with Crippen LogP contribution in [-0.2, 0) is 14.3 Å². The summed E-state index contributed by atoms with van der Waals surface area (Å²) >= 11 is 1.52. The number of ether oxygens (including phenoxy) is 4. The monoisotopic (exact) mass is 606 g/mol. The van der Waals surface area contributed by atoms with Gasteiger partial charge in [0.1, 0.15) is 5.75 Å². The lowest BCUT2D eigenvalue weighted by atomic mass is 9.78. The van der Waals surface area contributed by atoms with Crippen LogP contribution < -0.4 is 14.4 Å². The first kappa shape index (κ1) is 31.5. The second-order valence-electron chi connectivity index (χ2n) is 12.0. The first-order valence-electron chi connectivity index (χ1n) is 15.7. The van der Waals surface area contributed by atoms with Gasteiger partial charge in [0.15, 0.2) is 0 Å². The highest BCUT2D eigenvalue weighted by molar-refractivity contribution is 7.16. The Morgan fingerprint density at radius 2 is 1.72 bits per heavy atom. The third-order valence-corrected chi connectivity index (χ3v) is 10.2. The van der Waals surface area contributed by atoms with Gasteiger partial charge in [-0.1, -0.05) is 35.6 Å². The molecule has 0 aliphatic heterocycles. The van der Waals surface area contributed by atoms with Crippen molar-refractivity contribution < 1.29 is 23.7 Å². The van der Waals surface area contributed by atoms with E-state index >= 15 is 0 Å². The van der Waals surface area contributed by atoms with E-state index in [1.54, 1.807) is 21.3 Å². The molecule has 1 heterocycles. The quantitative estimate of drug-likeness (QED) is 0.197. The molecule has 232 valence electrons. The summed E-state index contributed by atoms with van der Waals surface area (Å²) in [6.07, 6.45) is 10.1. The van der Waals surface area contributed by atoms with Gasteiger partial charge in [0.25, 0.3) is 5.19 Å². The average molecular weight is 607 g/mol. The highest BCUT2D eigenvalue weighted by atomic mass is 32.1.